The molecule has 1 unspecified atom stereocenters. The number of aromatic nitrogens is 1. The second-order valence-corrected chi connectivity index (χ2v) is 6.15. The number of pyridine rings is 1. The number of hydrogen-bond acceptors (Lipinski definition) is 4. The predicted molar refractivity (Wildman–Crippen MR) is 84.7 cm³/mol. The SMILES string of the molecule is CCc1ccc(CN2CCCC(CCOC)(C(=O)O)C2)nc1. The zero-order valence-electron chi connectivity index (χ0n) is 13.5. The van der Waals surface area contributed by atoms with Gasteiger partial charge < -0.3 is 9.84 Å². The van der Waals surface area contributed by atoms with Gasteiger partial charge in [0.15, 0.2) is 0 Å². The van der Waals surface area contributed by atoms with E-state index in [0.717, 1.165) is 31.5 Å². The van der Waals surface area contributed by atoms with Gasteiger partial charge in [-0.25, -0.2) is 0 Å². The van der Waals surface area contributed by atoms with Crippen LogP contribution in [-0.2, 0) is 22.5 Å². The zero-order valence-corrected chi connectivity index (χ0v) is 13.5. The highest BCUT2D eigenvalue weighted by atomic mass is 16.5. The van der Waals surface area contributed by atoms with Crippen molar-refractivity contribution >= 4 is 5.97 Å². The Kier molecular flexibility index (Phi) is 5.91. The molecule has 1 fully saturated rings. The van der Waals surface area contributed by atoms with Gasteiger partial charge in [-0.2, -0.15) is 0 Å². The van der Waals surface area contributed by atoms with Crippen LogP contribution in [0.4, 0.5) is 0 Å². The third kappa shape index (κ3) is 4.05. The van der Waals surface area contributed by atoms with Crippen LogP contribution in [0.2, 0.25) is 0 Å². The molecule has 122 valence electrons. The number of ether oxygens (including phenoxy) is 1. The summed E-state index contributed by atoms with van der Waals surface area (Å²) >= 11 is 0. The number of piperidine rings is 1. The minimum absolute atomic E-state index is 0.490. The van der Waals surface area contributed by atoms with Crippen LogP contribution >= 0.6 is 0 Å². The van der Waals surface area contributed by atoms with E-state index in [9.17, 15) is 9.90 Å². The molecule has 1 aromatic rings. The van der Waals surface area contributed by atoms with Gasteiger partial charge in [0.2, 0.25) is 0 Å². The molecule has 0 radical (unpaired) electrons. The lowest BCUT2D eigenvalue weighted by Gasteiger charge is -2.39. The second-order valence-electron chi connectivity index (χ2n) is 6.15. The molecule has 22 heavy (non-hydrogen) atoms. The maximum absolute atomic E-state index is 11.8. The third-order valence-corrected chi connectivity index (χ3v) is 4.57. The van der Waals surface area contributed by atoms with Crippen molar-refractivity contribution < 1.29 is 14.6 Å². The number of nitrogens with zero attached hydrogens (tertiary/aromatic N) is 2. The fourth-order valence-electron chi connectivity index (χ4n) is 3.13. The quantitative estimate of drug-likeness (QED) is 0.838. The number of rotatable bonds is 7. The van der Waals surface area contributed by atoms with E-state index in [4.69, 9.17) is 4.74 Å². The molecule has 0 bridgehead atoms. The minimum Gasteiger partial charge on any atom is -0.481 e. The number of carbonyl (C=O) groups is 1. The first-order valence-corrected chi connectivity index (χ1v) is 7.98. The topological polar surface area (TPSA) is 62.7 Å². The molecule has 5 nitrogen and oxygen atoms in total. The monoisotopic (exact) mass is 306 g/mol. The van der Waals surface area contributed by atoms with Gasteiger partial charge in [0, 0.05) is 33.0 Å². The van der Waals surface area contributed by atoms with Gasteiger partial charge in [-0.05, 0) is 43.9 Å². The Labute approximate surface area is 132 Å². The van der Waals surface area contributed by atoms with Crippen molar-refractivity contribution in [2.24, 2.45) is 5.41 Å². The van der Waals surface area contributed by atoms with Crippen molar-refractivity contribution in [1.82, 2.24) is 9.88 Å². The van der Waals surface area contributed by atoms with Gasteiger partial charge in [-0.3, -0.25) is 14.7 Å². The van der Waals surface area contributed by atoms with Crippen LogP contribution in [-0.4, -0.2) is 47.8 Å². The first kappa shape index (κ1) is 16.9. The zero-order chi connectivity index (χ0) is 16.0. The molecule has 0 amide bonds. The van der Waals surface area contributed by atoms with Crippen molar-refractivity contribution in [3.8, 4) is 0 Å². The van der Waals surface area contributed by atoms with E-state index >= 15 is 0 Å². The lowest BCUT2D eigenvalue weighted by Crippen LogP contribution is -2.48. The highest BCUT2D eigenvalue weighted by Crippen LogP contribution is 2.34. The number of aliphatic carboxylic acids is 1. The molecule has 0 saturated carbocycles. The van der Waals surface area contributed by atoms with Crippen molar-refractivity contribution in [1.29, 1.82) is 0 Å². The minimum atomic E-state index is -0.705. The number of carboxylic acids is 1. The second kappa shape index (κ2) is 7.70. The standard InChI is InChI=1S/C17H26N2O3/c1-3-14-5-6-15(18-11-14)12-19-9-4-7-17(13-19,16(20)21)8-10-22-2/h5-6,11H,3-4,7-10,12-13H2,1-2H3,(H,20,21). The van der Waals surface area contributed by atoms with Crippen molar-refractivity contribution in [2.45, 2.75) is 39.2 Å². The molecule has 1 atom stereocenters. The van der Waals surface area contributed by atoms with E-state index in [0.29, 0.717) is 26.1 Å². The molecule has 0 aliphatic carbocycles. The lowest BCUT2D eigenvalue weighted by atomic mass is 9.77. The number of carboxylic acid groups (broad SMARTS) is 1. The summed E-state index contributed by atoms with van der Waals surface area (Å²) in [4.78, 5) is 18.5. The molecule has 1 N–H and O–H groups in total. The van der Waals surface area contributed by atoms with Crippen LogP contribution in [0, 0.1) is 5.41 Å². The molecule has 1 aliphatic heterocycles. The Bertz CT molecular complexity index is 489. The normalized spacial score (nSPS) is 22.6. The van der Waals surface area contributed by atoms with Crippen LogP contribution in [0.1, 0.15) is 37.4 Å². The summed E-state index contributed by atoms with van der Waals surface area (Å²) in [6.07, 6.45) is 5.09. The van der Waals surface area contributed by atoms with E-state index in [2.05, 4.69) is 22.9 Å². The summed E-state index contributed by atoms with van der Waals surface area (Å²) in [6, 6.07) is 4.15. The molecule has 0 aromatic carbocycles. The first-order valence-electron chi connectivity index (χ1n) is 7.98. The summed E-state index contributed by atoms with van der Waals surface area (Å²) < 4.78 is 5.10. The van der Waals surface area contributed by atoms with E-state index in [1.165, 1.54) is 5.56 Å². The van der Waals surface area contributed by atoms with Gasteiger partial charge in [-0.15, -0.1) is 0 Å². The molecule has 2 heterocycles. The smallest absolute Gasteiger partial charge is 0.311 e. The molecular formula is C17H26N2O3. The van der Waals surface area contributed by atoms with Crippen LogP contribution in [0.5, 0.6) is 0 Å². The van der Waals surface area contributed by atoms with Crippen LogP contribution in [0.15, 0.2) is 18.3 Å². The van der Waals surface area contributed by atoms with Gasteiger partial charge >= 0.3 is 5.97 Å². The fourth-order valence-corrected chi connectivity index (χ4v) is 3.13. The predicted octanol–water partition coefficient (Wildman–Crippen LogP) is 2.35. The van der Waals surface area contributed by atoms with E-state index in [-0.39, 0.29) is 0 Å². The molecule has 1 aliphatic rings. The number of methoxy groups -OCH3 is 1. The maximum atomic E-state index is 11.8. The first-order chi connectivity index (χ1) is 10.6. The maximum Gasteiger partial charge on any atom is 0.311 e. The Balaban J connectivity index is 2.03. The average Bonchev–Trinajstić information content (AvgIpc) is 2.54. The molecule has 1 aromatic heterocycles. The lowest BCUT2D eigenvalue weighted by molar-refractivity contribution is -0.154. The Morgan fingerprint density at radius 2 is 2.32 bits per heavy atom. The van der Waals surface area contributed by atoms with E-state index in [1.54, 1.807) is 7.11 Å². The van der Waals surface area contributed by atoms with Crippen molar-refractivity contribution in [2.75, 3.05) is 26.8 Å². The summed E-state index contributed by atoms with van der Waals surface area (Å²) in [5.74, 6) is -0.705. The summed E-state index contributed by atoms with van der Waals surface area (Å²) in [6.45, 7) is 4.82. The Morgan fingerprint density at radius 1 is 1.50 bits per heavy atom. The highest BCUT2D eigenvalue weighted by molar-refractivity contribution is 5.75. The summed E-state index contributed by atoms with van der Waals surface area (Å²) in [5, 5.41) is 9.67. The fraction of sp³-hybridized carbons (Fsp3) is 0.647. The highest BCUT2D eigenvalue weighted by Gasteiger charge is 2.41. The number of aryl methyl sites for hydroxylation is 1. The molecule has 2 rings (SSSR count). The van der Waals surface area contributed by atoms with Crippen LogP contribution < -0.4 is 0 Å². The third-order valence-electron chi connectivity index (χ3n) is 4.57. The van der Waals surface area contributed by atoms with E-state index < -0.39 is 11.4 Å². The molecular weight excluding hydrogens is 280 g/mol. The van der Waals surface area contributed by atoms with Gasteiger partial charge in [0.05, 0.1) is 11.1 Å². The summed E-state index contributed by atoms with van der Waals surface area (Å²) in [7, 11) is 1.62. The van der Waals surface area contributed by atoms with Crippen molar-refractivity contribution in [3.05, 3.63) is 29.6 Å². The Hall–Kier alpha value is -1.46. The van der Waals surface area contributed by atoms with Crippen molar-refractivity contribution in [3.63, 3.8) is 0 Å². The number of hydrogen-bond donors (Lipinski definition) is 1. The van der Waals surface area contributed by atoms with Gasteiger partial charge in [-0.1, -0.05) is 13.0 Å². The van der Waals surface area contributed by atoms with Crippen LogP contribution in [0.3, 0.4) is 0 Å². The van der Waals surface area contributed by atoms with Crippen LogP contribution in [0.25, 0.3) is 0 Å². The van der Waals surface area contributed by atoms with Gasteiger partial charge in [0.25, 0.3) is 0 Å². The van der Waals surface area contributed by atoms with E-state index in [1.807, 2.05) is 12.3 Å². The molecule has 1 saturated heterocycles. The Morgan fingerprint density at radius 3 is 2.91 bits per heavy atom. The average molecular weight is 306 g/mol. The number of likely N-dealkylation sites (tertiary alicyclic amines) is 1. The molecule has 0 spiro atoms. The largest absolute Gasteiger partial charge is 0.481 e. The van der Waals surface area contributed by atoms with Gasteiger partial charge in [0.1, 0.15) is 0 Å². The summed E-state index contributed by atoms with van der Waals surface area (Å²) in [5.41, 5.74) is 1.55. The molecule has 5 heteroatoms.